The Labute approximate surface area is 90.0 Å². The second-order valence-electron chi connectivity index (χ2n) is 4.09. The third kappa shape index (κ3) is 5.49. The van der Waals surface area contributed by atoms with Crippen LogP contribution in [0.25, 0.3) is 0 Å². The molecule has 5 heteroatoms. The zero-order chi connectivity index (χ0) is 12.0. The average Bonchev–Trinajstić information content (AvgIpc) is 2.11. The molecule has 5 nitrogen and oxygen atoms in total. The van der Waals surface area contributed by atoms with Gasteiger partial charge < -0.3 is 16.2 Å². The number of carbonyl (C=O) groups is 2. The summed E-state index contributed by atoms with van der Waals surface area (Å²) < 4.78 is 0. The van der Waals surface area contributed by atoms with Crippen molar-refractivity contribution in [2.45, 2.75) is 39.3 Å². The predicted octanol–water partition coefficient (Wildman–Crippen LogP) is -0.574. The van der Waals surface area contributed by atoms with Crippen molar-refractivity contribution in [1.82, 2.24) is 5.32 Å². The second-order valence-corrected chi connectivity index (χ2v) is 4.09. The highest BCUT2D eigenvalue weighted by Gasteiger charge is 2.20. The van der Waals surface area contributed by atoms with E-state index < -0.39 is 24.6 Å². The second kappa shape index (κ2) is 6.53. The molecule has 0 aliphatic rings. The molecule has 15 heavy (non-hydrogen) atoms. The molecule has 0 rings (SSSR count). The van der Waals surface area contributed by atoms with Crippen LogP contribution < -0.4 is 11.1 Å². The Morgan fingerprint density at radius 2 is 1.93 bits per heavy atom. The lowest BCUT2D eigenvalue weighted by atomic mass is 10.0. The number of nitrogens with one attached hydrogen (secondary N) is 1. The summed E-state index contributed by atoms with van der Waals surface area (Å²) in [7, 11) is 0. The highest BCUT2D eigenvalue weighted by Crippen LogP contribution is 2.02. The Bertz CT molecular complexity index is 229. The van der Waals surface area contributed by atoms with Crippen molar-refractivity contribution in [2.75, 3.05) is 6.61 Å². The first kappa shape index (κ1) is 14.1. The van der Waals surface area contributed by atoms with Crippen LogP contribution in [0.15, 0.2) is 0 Å². The molecule has 0 aliphatic carbocycles. The van der Waals surface area contributed by atoms with Crippen molar-refractivity contribution in [3.05, 3.63) is 0 Å². The Morgan fingerprint density at radius 1 is 1.40 bits per heavy atom. The number of nitrogens with two attached hydrogens (primary N) is 1. The van der Waals surface area contributed by atoms with Gasteiger partial charge in [0.25, 0.3) is 0 Å². The van der Waals surface area contributed by atoms with Crippen molar-refractivity contribution in [1.29, 1.82) is 0 Å². The number of aliphatic hydroxyl groups is 1. The maximum atomic E-state index is 11.5. The summed E-state index contributed by atoms with van der Waals surface area (Å²) in [5.41, 5.74) is 5.62. The normalized spacial score (nSPS) is 14.8. The molecule has 0 aromatic heterocycles. The fourth-order valence-electron chi connectivity index (χ4n) is 1.17. The van der Waals surface area contributed by atoms with E-state index in [0.717, 1.165) is 0 Å². The first-order valence-corrected chi connectivity index (χ1v) is 5.05. The first-order valence-electron chi connectivity index (χ1n) is 5.05. The summed E-state index contributed by atoms with van der Waals surface area (Å²) in [5.74, 6) is -0.351. The molecule has 0 radical (unpaired) electrons. The number of rotatable bonds is 6. The third-order valence-electron chi connectivity index (χ3n) is 2.05. The molecular weight excluding hydrogens is 196 g/mol. The molecule has 0 saturated carbocycles. The van der Waals surface area contributed by atoms with Gasteiger partial charge in [0.1, 0.15) is 6.04 Å². The molecular formula is C10H20N2O3. The van der Waals surface area contributed by atoms with Crippen molar-refractivity contribution >= 4 is 11.7 Å². The smallest absolute Gasteiger partial charge is 0.237 e. The monoisotopic (exact) mass is 216 g/mol. The molecule has 0 bridgehead atoms. The van der Waals surface area contributed by atoms with E-state index in [-0.39, 0.29) is 5.78 Å². The molecule has 4 N–H and O–H groups in total. The van der Waals surface area contributed by atoms with Crippen LogP contribution in [0.4, 0.5) is 0 Å². The number of aliphatic hydroxyl groups excluding tert-OH is 1. The third-order valence-corrected chi connectivity index (χ3v) is 2.05. The molecule has 2 atom stereocenters. The summed E-state index contributed by atoms with van der Waals surface area (Å²) in [6.45, 7) is 4.84. The molecule has 0 spiro atoms. The fraction of sp³-hybridized carbons (Fsp3) is 0.800. The molecule has 0 fully saturated rings. The van der Waals surface area contributed by atoms with Crippen molar-refractivity contribution < 1.29 is 14.7 Å². The molecule has 88 valence electrons. The Hall–Kier alpha value is -0.940. The predicted molar refractivity (Wildman–Crippen MR) is 57.1 cm³/mol. The molecule has 0 aliphatic heterocycles. The lowest BCUT2D eigenvalue weighted by Crippen LogP contribution is -2.49. The largest absolute Gasteiger partial charge is 0.394 e. The summed E-state index contributed by atoms with van der Waals surface area (Å²) >= 11 is 0. The van der Waals surface area contributed by atoms with E-state index in [0.29, 0.717) is 12.3 Å². The summed E-state index contributed by atoms with van der Waals surface area (Å²) in [6, 6.07) is -1.46. The minimum Gasteiger partial charge on any atom is -0.394 e. The van der Waals surface area contributed by atoms with E-state index in [4.69, 9.17) is 10.8 Å². The van der Waals surface area contributed by atoms with Crippen LogP contribution in [0, 0.1) is 5.92 Å². The lowest BCUT2D eigenvalue weighted by molar-refractivity contribution is -0.128. The van der Waals surface area contributed by atoms with Gasteiger partial charge in [-0.15, -0.1) is 0 Å². The van der Waals surface area contributed by atoms with Crippen LogP contribution in [0.2, 0.25) is 0 Å². The van der Waals surface area contributed by atoms with Gasteiger partial charge in [0, 0.05) is 0 Å². The van der Waals surface area contributed by atoms with Crippen molar-refractivity contribution in [2.24, 2.45) is 11.7 Å². The lowest BCUT2D eigenvalue weighted by Gasteiger charge is -2.18. The summed E-state index contributed by atoms with van der Waals surface area (Å²) in [5, 5.41) is 11.2. The van der Waals surface area contributed by atoms with Crippen LogP contribution >= 0.6 is 0 Å². The SMILES string of the molecule is CC(=O)[C@H](CO)NC(=O)[C@@H](N)CC(C)C. The summed E-state index contributed by atoms with van der Waals surface area (Å²) in [6.07, 6.45) is 0.557. The maximum Gasteiger partial charge on any atom is 0.237 e. The average molecular weight is 216 g/mol. The highest BCUT2D eigenvalue weighted by atomic mass is 16.3. The zero-order valence-corrected chi connectivity index (χ0v) is 9.49. The summed E-state index contributed by atoms with van der Waals surface area (Å²) in [4.78, 5) is 22.4. The molecule has 0 unspecified atom stereocenters. The molecule has 0 saturated heterocycles. The van der Waals surface area contributed by atoms with Gasteiger partial charge in [-0.2, -0.15) is 0 Å². The van der Waals surface area contributed by atoms with E-state index >= 15 is 0 Å². The van der Waals surface area contributed by atoms with Gasteiger partial charge in [0.05, 0.1) is 12.6 Å². The minimum atomic E-state index is -0.837. The molecule has 0 heterocycles. The van der Waals surface area contributed by atoms with E-state index in [2.05, 4.69) is 5.32 Å². The highest BCUT2D eigenvalue weighted by molar-refractivity contribution is 5.89. The Morgan fingerprint density at radius 3 is 2.27 bits per heavy atom. The van der Waals surface area contributed by atoms with E-state index in [1.165, 1.54) is 6.92 Å². The topological polar surface area (TPSA) is 92.4 Å². The molecule has 1 amide bonds. The fourth-order valence-corrected chi connectivity index (χ4v) is 1.17. The molecule has 0 aromatic carbocycles. The van der Waals surface area contributed by atoms with Gasteiger partial charge in [-0.3, -0.25) is 9.59 Å². The Balaban J connectivity index is 4.16. The van der Waals surface area contributed by atoms with Gasteiger partial charge in [-0.25, -0.2) is 0 Å². The maximum absolute atomic E-state index is 11.5. The number of hydrogen-bond donors (Lipinski definition) is 3. The van der Waals surface area contributed by atoms with Crippen LogP contribution in [-0.4, -0.2) is 35.5 Å². The van der Waals surface area contributed by atoms with Gasteiger partial charge in [0.2, 0.25) is 5.91 Å². The van der Waals surface area contributed by atoms with Crippen molar-refractivity contribution in [3.8, 4) is 0 Å². The van der Waals surface area contributed by atoms with Gasteiger partial charge in [0.15, 0.2) is 5.78 Å². The standard InChI is InChI=1S/C10H20N2O3/c1-6(2)4-8(11)10(15)12-9(5-13)7(3)14/h6,8-9,13H,4-5,11H2,1-3H3,(H,12,15)/t8-,9-/m0/s1. The van der Waals surface area contributed by atoms with Crippen LogP contribution in [-0.2, 0) is 9.59 Å². The van der Waals surface area contributed by atoms with E-state index in [9.17, 15) is 9.59 Å². The van der Waals surface area contributed by atoms with Gasteiger partial charge >= 0.3 is 0 Å². The number of amides is 1. The van der Waals surface area contributed by atoms with Crippen LogP contribution in [0.1, 0.15) is 27.2 Å². The number of carbonyl (C=O) groups excluding carboxylic acids is 2. The van der Waals surface area contributed by atoms with Crippen LogP contribution in [0.3, 0.4) is 0 Å². The quantitative estimate of drug-likeness (QED) is 0.554. The van der Waals surface area contributed by atoms with Crippen molar-refractivity contribution in [3.63, 3.8) is 0 Å². The Kier molecular flexibility index (Phi) is 6.12. The number of Topliss-reactive ketones (excluding diaryl/α,β-unsaturated/α-hetero) is 1. The zero-order valence-electron chi connectivity index (χ0n) is 9.49. The first-order chi connectivity index (χ1) is 6.88. The van der Waals surface area contributed by atoms with Crippen LogP contribution in [0.5, 0.6) is 0 Å². The van der Waals surface area contributed by atoms with Gasteiger partial charge in [-0.1, -0.05) is 13.8 Å². The number of hydrogen-bond acceptors (Lipinski definition) is 4. The number of ketones is 1. The van der Waals surface area contributed by atoms with E-state index in [1.807, 2.05) is 13.8 Å². The van der Waals surface area contributed by atoms with E-state index in [1.54, 1.807) is 0 Å². The minimum absolute atomic E-state index is 0.275. The molecule has 0 aromatic rings. The van der Waals surface area contributed by atoms with Gasteiger partial charge in [-0.05, 0) is 19.3 Å².